The first kappa shape index (κ1) is 13.9. The molecule has 0 radical (unpaired) electrons. The summed E-state index contributed by atoms with van der Waals surface area (Å²) in [6.45, 7) is 2.73. The number of halogens is 1. The van der Waals surface area contributed by atoms with Crippen LogP contribution >= 0.6 is 15.9 Å². The van der Waals surface area contributed by atoms with Gasteiger partial charge in [0.05, 0.1) is 5.60 Å². The molecule has 1 aromatic carbocycles. The minimum absolute atomic E-state index is 0.528. The number of hydrogen-bond donors (Lipinski definition) is 2. The number of nitrogens with one attached hydrogen (secondary N) is 1. The van der Waals surface area contributed by atoms with Crippen molar-refractivity contribution in [3.8, 4) is 0 Å². The normalized spacial score (nSPS) is 19.3. The van der Waals surface area contributed by atoms with Gasteiger partial charge in [-0.2, -0.15) is 0 Å². The molecule has 1 saturated carbocycles. The highest BCUT2D eigenvalue weighted by Gasteiger charge is 2.27. The Bertz CT molecular complexity index is 397. The van der Waals surface area contributed by atoms with E-state index in [9.17, 15) is 5.11 Å². The van der Waals surface area contributed by atoms with Gasteiger partial charge in [-0.25, -0.2) is 0 Å². The molecule has 0 spiro atoms. The van der Waals surface area contributed by atoms with Crippen molar-refractivity contribution in [1.29, 1.82) is 0 Å². The van der Waals surface area contributed by atoms with Crippen LogP contribution in [0.3, 0.4) is 0 Å². The van der Waals surface area contributed by atoms with Gasteiger partial charge >= 0.3 is 0 Å². The van der Waals surface area contributed by atoms with Crippen LogP contribution in [0, 0.1) is 6.92 Å². The predicted molar refractivity (Wildman–Crippen MR) is 80.0 cm³/mol. The summed E-state index contributed by atoms with van der Waals surface area (Å²) in [5.74, 6) is 0. The molecule has 0 atom stereocenters. The molecule has 0 heterocycles. The lowest BCUT2D eigenvalue weighted by Crippen LogP contribution is -2.36. The maximum absolute atomic E-state index is 10.6. The molecule has 2 nitrogen and oxygen atoms in total. The van der Waals surface area contributed by atoms with E-state index in [1.165, 1.54) is 18.4 Å². The molecule has 100 valence electrons. The molecule has 0 aliphatic heterocycles. The van der Waals surface area contributed by atoms with Crippen molar-refractivity contribution in [2.75, 3.05) is 11.9 Å². The Hall–Kier alpha value is -0.540. The van der Waals surface area contributed by atoms with Crippen LogP contribution in [0.25, 0.3) is 0 Å². The molecule has 18 heavy (non-hydrogen) atoms. The van der Waals surface area contributed by atoms with Gasteiger partial charge in [0.25, 0.3) is 0 Å². The van der Waals surface area contributed by atoms with Crippen molar-refractivity contribution in [3.05, 3.63) is 28.2 Å². The molecule has 1 fully saturated rings. The van der Waals surface area contributed by atoms with E-state index < -0.39 is 5.60 Å². The Balaban J connectivity index is 1.99. The van der Waals surface area contributed by atoms with Crippen LogP contribution in [0.5, 0.6) is 0 Å². The van der Waals surface area contributed by atoms with E-state index in [0.717, 1.165) is 35.8 Å². The van der Waals surface area contributed by atoms with E-state index in [1.54, 1.807) is 0 Å². The van der Waals surface area contributed by atoms with Crippen LogP contribution in [0.15, 0.2) is 22.7 Å². The summed E-state index contributed by atoms with van der Waals surface area (Å²) in [6.07, 6.45) is 6.65. The molecule has 0 bridgehead atoms. The van der Waals surface area contributed by atoms with E-state index in [-0.39, 0.29) is 0 Å². The number of aliphatic hydroxyl groups is 1. The number of anilines is 1. The summed E-state index contributed by atoms with van der Waals surface area (Å²) in [4.78, 5) is 0. The standard InChI is InChI=1S/C15H22BrNO/c1-12-6-7-13(16)14(10-12)17-11-15(18)8-4-2-3-5-9-15/h6-7,10,17-18H,2-5,8-9,11H2,1H3. The number of aryl methyl sites for hydroxylation is 1. The van der Waals surface area contributed by atoms with Gasteiger partial charge in [-0.15, -0.1) is 0 Å². The van der Waals surface area contributed by atoms with Gasteiger partial charge in [-0.05, 0) is 53.4 Å². The first-order chi connectivity index (χ1) is 8.59. The number of benzene rings is 1. The van der Waals surface area contributed by atoms with Crippen LogP contribution < -0.4 is 5.32 Å². The van der Waals surface area contributed by atoms with Crippen molar-refractivity contribution in [2.24, 2.45) is 0 Å². The van der Waals surface area contributed by atoms with E-state index in [1.807, 2.05) is 0 Å². The topological polar surface area (TPSA) is 32.3 Å². The Kier molecular flexibility index (Phi) is 4.68. The first-order valence-corrected chi connectivity index (χ1v) is 7.61. The molecular formula is C15H22BrNO. The van der Waals surface area contributed by atoms with E-state index >= 15 is 0 Å². The van der Waals surface area contributed by atoms with Crippen molar-refractivity contribution in [3.63, 3.8) is 0 Å². The molecule has 0 aromatic heterocycles. The molecule has 3 heteroatoms. The second kappa shape index (κ2) is 6.07. The van der Waals surface area contributed by atoms with Gasteiger partial charge in [0.1, 0.15) is 0 Å². The fourth-order valence-corrected chi connectivity index (χ4v) is 2.98. The zero-order chi connectivity index (χ0) is 13.0. The first-order valence-electron chi connectivity index (χ1n) is 6.81. The molecule has 2 N–H and O–H groups in total. The maximum Gasteiger partial charge on any atom is 0.0819 e. The Morgan fingerprint density at radius 1 is 1.22 bits per heavy atom. The van der Waals surface area contributed by atoms with Crippen molar-refractivity contribution < 1.29 is 5.11 Å². The monoisotopic (exact) mass is 311 g/mol. The van der Waals surface area contributed by atoms with Gasteiger partial charge in [0.15, 0.2) is 0 Å². The van der Waals surface area contributed by atoms with E-state index in [4.69, 9.17) is 0 Å². The van der Waals surface area contributed by atoms with Gasteiger partial charge in [0.2, 0.25) is 0 Å². The highest BCUT2D eigenvalue weighted by atomic mass is 79.9. The minimum atomic E-state index is -0.528. The molecular weight excluding hydrogens is 290 g/mol. The fourth-order valence-electron chi connectivity index (χ4n) is 2.60. The van der Waals surface area contributed by atoms with Gasteiger partial charge in [0, 0.05) is 16.7 Å². The lowest BCUT2D eigenvalue weighted by Gasteiger charge is -2.27. The highest BCUT2D eigenvalue weighted by Crippen LogP contribution is 2.29. The fraction of sp³-hybridized carbons (Fsp3) is 0.600. The Morgan fingerprint density at radius 2 is 1.89 bits per heavy atom. The van der Waals surface area contributed by atoms with Crippen molar-refractivity contribution in [1.82, 2.24) is 0 Å². The van der Waals surface area contributed by atoms with E-state index in [2.05, 4.69) is 46.4 Å². The highest BCUT2D eigenvalue weighted by molar-refractivity contribution is 9.10. The molecule has 0 saturated heterocycles. The van der Waals surface area contributed by atoms with Crippen molar-refractivity contribution in [2.45, 2.75) is 51.0 Å². The number of rotatable bonds is 3. The van der Waals surface area contributed by atoms with E-state index in [0.29, 0.717) is 6.54 Å². The zero-order valence-electron chi connectivity index (χ0n) is 11.0. The quantitative estimate of drug-likeness (QED) is 0.818. The summed E-state index contributed by atoms with van der Waals surface area (Å²) >= 11 is 3.54. The lowest BCUT2D eigenvalue weighted by atomic mass is 9.94. The molecule has 1 aliphatic carbocycles. The summed E-state index contributed by atoms with van der Waals surface area (Å²) in [5, 5.41) is 14.0. The molecule has 0 amide bonds. The number of hydrogen-bond acceptors (Lipinski definition) is 2. The average Bonchev–Trinajstić information content (AvgIpc) is 2.56. The molecule has 1 aliphatic rings. The second-order valence-electron chi connectivity index (χ2n) is 5.48. The largest absolute Gasteiger partial charge is 0.388 e. The third-order valence-corrected chi connectivity index (χ3v) is 4.46. The lowest BCUT2D eigenvalue weighted by molar-refractivity contribution is 0.0381. The summed E-state index contributed by atoms with van der Waals surface area (Å²) in [5.41, 5.74) is 1.78. The van der Waals surface area contributed by atoms with Crippen LogP contribution in [0.1, 0.15) is 44.1 Å². The zero-order valence-corrected chi connectivity index (χ0v) is 12.6. The molecule has 2 rings (SSSR count). The van der Waals surface area contributed by atoms with Gasteiger partial charge < -0.3 is 10.4 Å². The third kappa shape index (κ3) is 3.72. The summed E-state index contributed by atoms with van der Waals surface area (Å²) in [7, 11) is 0. The Labute approximate surface area is 118 Å². The SMILES string of the molecule is Cc1ccc(Br)c(NCC2(O)CCCCCC2)c1. The van der Waals surface area contributed by atoms with Crippen LogP contribution in [0.2, 0.25) is 0 Å². The van der Waals surface area contributed by atoms with Crippen LogP contribution in [0.4, 0.5) is 5.69 Å². The average molecular weight is 312 g/mol. The predicted octanol–water partition coefficient (Wildman–Crippen LogP) is 4.25. The van der Waals surface area contributed by atoms with Crippen LogP contribution in [-0.4, -0.2) is 17.3 Å². The minimum Gasteiger partial charge on any atom is -0.388 e. The molecule has 0 unspecified atom stereocenters. The second-order valence-corrected chi connectivity index (χ2v) is 6.33. The third-order valence-electron chi connectivity index (χ3n) is 3.76. The summed E-state index contributed by atoms with van der Waals surface area (Å²) < 4.78 is 1.06. The smallest absolute Gasteiger partial charge is 0.0819 e. The summed E-state index contributed by atoms with van der Waals surface area (Å²) in [6, 6.07) is 6.24. The molecule has 1 aromatic rings. The van der Waals surface area contributed by atoms with Gasteiger partial charge in [-0.1, -0.05) is 31.7 Å². The van der Waals surface area contributed by atoms with Crippen molar-refractivity contribution >= 4 is 21.6 Å². The van der Waals surface area contributed by atoms with Gasteiger partial charge in [-0.3, -0.25) is 0 Å². The van der Waals surface area contributed by atoms with Crippen LogP contribution in [-0.2, 0) is 0 Å². The maximum atomic E-state index is 10.6. The Morgan fingerprint density at radius 3 is 2.56 bits per heavy atom.